The van der Waals surface area contributed by atoms with Gasteiger partial charge in [0.05, 0.1) is 0 Å². The van der Waals surface area contributed by atoms with E-state index in [1.54, 1.807) is 16.3 Å². The number of nitrogens with zero attached hydrogens (tertiary/aromatic N) is 5. The lowest BCUT2D eigenvalue weighted by atomic mass is 10.1. The van der Waals surface area contributed by atoms with Crippen molar-refractivity contribution < 1.29 is 9.59 Å². The monoisotopic (exact) mass is 345 g/mol. The number of likely N-dealkylation sites (tertiary alicyclic amines) is 1. The van der Waals surface area contributed by atoms with Crippen molar-refractivity contribution >= 4 is 23.7 Å². The number of anilines is 1. The summed E-state index contributed by atoms with van der Waals surface area (Å²) in [6.07, 6.45) is 3.18. The molecule has 0 radical (unpaired) electrons. The number of piperidine rings is 1. The van der Waals surface area contributed by atoms with Crippen LogP contribution in [0, 0.1) is 13.8 Å². The van der Waals surface area contributed by atoms with Gasteiger partial charge in [-0.25, -0.2) is 9.78 Å². The lowest BCUT2D eigenvalue weighted by molar-refractivity contribution is -0.133. The van der Waals surface area contributed by atoms with Gasteiger partial charge in [0, 0.05) is 24.5 Å². The van der Waals surface area contributed by atoms with Crippen molar-refractivity contribution in [2.45, 2.75) is 46.1 Å². The minimum absolute atomic E-state index is 0.0639. The van der Waals surface area contributed by atoms with Crippen molar-refractivity contribution in [3.05, 3.63) is 17.5 Å². The molecule has 1 atom stereocenters. The van der Waals surface area contributed by atoms with Crippen LogP contribution in [-0.2, 0) is 4.79 Å². The van der Waals surface area contributed by atoms with Gasteiger partial charge in [-0.2, -0.15) is 9.50 Å². The van der Waals surface area contributed by atoms with Crippen molar-refractivity contribution in [2.24, 2.45) is 0 Å². The van der Waals surface area contributed by atoms with Gasteiger partial charge < -0.3 is 10.2 Å². The molecule has 1 fully saturated rings. The van der Waals surface area contributed by atoms with Gasteiger partial charge >= 0.3 is 6.03 Å². The smallest absolute Gasteiger partial charge is 0.322 e. The summed E-state index contributed by atoms with van der Waals surface area (Å²) in [6, 6.07) is 0.769. The number of rotatable bonds is 3. The Bertz CT molecular complexity index is 795. The molecule has 0 bridgehead atoms. The molecule has 2 N–H and O–H groups in total. The second-order valence-electron chi connectivity index (χ2n) is 6.39. The highest BCUT2D eigenvalue weighted by Gasteiger charge is 2.23. The number of carbonyl (C=O) groups excluding carboxylic acids is 2. The summed E-state index contributed by atoms with van der Waals surface area (Å²) in [5.74, 6) is 0.507. The molecule has 0 aromatic carbocycles. The van der Waals surface area contributed by atoms with Crippen LogP contribution in [0.4, 0.5) is 10.7 Å². The van der Waals surface area contributed by atoms with Crippen LogP contribution >= 0.6 is 0 Å². The van der Waals surface area contributed by atoms with Crippen molar-refractivity contribution in [3.8, 4) is 0 Å². The molecule has 134 valence electrons. The van der Waals surface area contributed by atoms with Crippen LogP contribution < -0.4 is 10.6 Å². The van der Waals surface area contributed by atoms with Gasteiger partial charge in [-0.15, -0.1) is 5.10 Å². The van der Waals surface area contributed by atoms with E-state index in [1.807, 2.05) is 19.9 Å². The second-order valence-corrected chi connectivity index (χ2v) is 6.39. The Morgan fingerprint density at radius 2 is 1.88 bits per heavy atom. The third-order valence-electron chi connectivity index (χ3n) is 4.23. The first-order valence-corrected chi connectivity index (χ1v) is 8.51. The summed E-state index contributed by atoms with van der Waals surface area (Å²) < 4.78 is 1.56. The molecule has 1 aliphatic rings. The van der Waals surface area contributed by atoms with E-state index in [-0.39, 0.29) is 11.9 Å². The number of fused-ring (bicyclic) bond motifs is 1. The molecule has 3 rings (SSSR count). The predicted molar refractivity (Wildman–Crippen MR) is 92.3 cm³/mol. The van der Waals surface area contributed by atoms with Gasteiger partial charge in [0.1, 0.15) is 6.04 Å². The van der Waals surface area contributed by atoms with E-state index in [1.165, 1.54) is 0 Å². The number of urea groups is 1. The summed E-state index contributed by atoms with van der Waals surface area (Å²) in [5, 5.41) is 9.42. The normalized spacial score (nSPS) is 15.9. The van der Waals surface area contributed by atoms with Crippen LogP contribution in [-0.4, -0.2) is 55.6 Å². The number of nitrogens with one attached hydrogen (secondary N) is 2. The number of aryl methyl sites for hydroxylation is 2. The quantitative estimate of drug-likeness (QED) is 0.871. The highest BCUT2D eigenvalue weighted by Crippen LogP contribution is 2.10. The van der Waals surface area contributed by atoms with E-state index in [0.717, 1.165) is 43.7 Å². The Hall–Kier alpha value is -2.71. The Labute approximate surface area is 145 Å². The molecule has 25 heavy (non-hydrogen) atoms. The zero-order chi connectivity index (χ0) is 18.0. The Balaban J connectivity index is 1.62. The highest BCUT2D eigenvalue weighted by atomic mass is 16.2. The van der Waals surface area contributed by atoms with Crippen LogP contribution in [0.2, 0.25) is 0 Å². The van der Waals surface area contributed by atoms with Crippen molar-refractivity contribution in [1.82, 2.24) is 29.8 Å². The molecule has 2 aromatic heterocycles. The fourth-order valence-electron chi connectivity index (χ4n) is 3.00. The number of carbonyl (C=O) groups is 2. The van der Waals surface area contributed by atoms with Crippen molar-refractivity contribution in [2.75, 3.05) is 18.4 Å². The van der Waals surface area contributed by atoms with Crippen LogP contribution in [0.15, 0.2) is 6.07 Å². The van der Waals surface area contributed by atoms with Crippen LogP contribution in [0.25, 0.3) is 5.78 Å². The third kappa shape index (κ3) is 3.86. The average Bonchev–Trinajstić information content (AvgIpc) is 2.97. The lowest BCUT2D eigenvalue weighted by Crippen LogP contribution is -2.49. The van der Waals surface area contributed by atoms with E-state index < -0.39 is 12.1 Å². The molecule has 1 saturated heterocycles. The standard InChI is InChI=1S/C16H23N7O2/c1-10-9-11(2)23-15(17-10)19-14(21-23)20-16(25)18-12(3)13(24)22-7-5-4-6-8-22/h9,12H,4-8H2,1-3H3,(H2,18,20,21,25)/t12-/m0/s1. The maximum absolute atomic E-state index is 12.3. The molecule has 3 amide bonds. The van der Waals surface area contributed by atoms with Gasteiger partial charge in [-0.3, -0.25) is 10.1 Å². The molecule has 9 nitrogen and oxygen atoms in total. The minimum Gasteiger partial charge on any atom is -0.341 e. The van der Waals surface area contributed by atoms with Crippen LogP contribution in [0.1, 0.15) is 37.6 Å². The SMILES string of the molecule is Cc1cc(C)n2nc(NC(=O)N[C@@H](C)C(=O)N3CCCCC3)nc2n1. The van der Waals surface area contributed by atoms with Gasteiger partial charge in [-0.05, 0) is 46.1 Å². The number of aromatic nitrogens is 4. The molecule has 0 spiro atoms. The molecule has 0 unspecified atom stereocenters. The summed E-state index contributed by atoms with van der Waals surface area (Å²) in [4.78, 5) is 34.7. The predicted octanol–water partition coefficient (Wildman–Crippen LogP) is 1.26. The van der Waals surface area contributed by atoms with E-state index >= 15 is 0 Å². The molecule has 2 aromatic rings. The molecular weight excluding hydrogens is 322 g/mol. The van der Waals surface area contributed by atoms with Gasteiger partial charge in [0.25, 0.3) is 11.7 Å². The fraction of sp³-hybridized carbons (Fsp3) is 0.562. The maximum atomic E-state index is 12.3. The van der Waals surface area contributed by atoms with Gasteiger partial charge in [0.2, 0.25) is 5.91 Å². The summed E-state index contributed by atoms with van der Waals surface area (Å²) in [6.45, 7) is 6.95. The lowest BCUT2D eigenvalue weighted by Gasteiger charge is -2.29. The summed E-state index contributed by atoms with van der Waals surface area (Å²) in [7, 11) is 0. The first-order chi connectivity index (χ1) is 11.9. The third-order valence-corrected chi connectivity index (χ3v) is 4.23. The Morgan fingerprint density at radius 1 is 1.16 bits per heavy atom. The first kappa shape index (κ1) is 17.1. The van der Waals surface area contributed by atoms with Crippen LogP contribution in [0.5, 0.6) is 0 Å². The van der Waals surface area contributed by atoms with E-state index in [4.69, 9.17) is 0 Å². The van der Waals surface area contributed by atoms with E-state index in [0.29, 0.717) is 5.78 Å². The molecule has 0 saturated carbocycles. The summed E-state index contributed by atoms with van der Waals surface area (Å²) in [5.41, 5.74) is 1.70. The Morgan fingerprint density at radius 3 is 2.60 bits per heavy atom. The van der Waals surface area contributed by atoms with Crippen molar-refractivity contribution in [1.29, 1.82) is 0 Å². The fourth-order valence-corrected chi connectivity index (χ4v) is 3.00. The molecule has 0 aliphatic carbocycles. The second kappa shape index (κ2) is 7.04. The topological polar surface area (TPSA) is 105 Å². The minimum atomic E-state index is -0.600. The highest BCUT2D eigenvalue weighted by molar-refractivity contribution is 5.92. The average molecular weight is 345 g/mol. The summed E-state index contributed by atoms with van der Waals surface area (Å²) >= 11 is 0. The first-order valence-electron chi connectivity index (χ1n) is 8.51. The zero-order valence-electron chi connectivity index (χ0n) is 14.7. The van der Waals surface area contributed by atoms with Crippen molar-refractivity contribution in [3.63, 3.8) is 0 Å². The Kier molecular flexibility index (Phi) is 4.82. The molecular formula is C16H23N7O2. The molecule has 9 heteroatoms. The van der Waals surface area contributed by atoms with Gasteiger partial charge in [0.15, 0.2) is 0 Å². The number of hydrogen-bond donors (Lipinski definition) is 2. The van der Waals surface area contributed by atoms with E-state index in [9.17, 15) is 9.59 Å². The largest absolute Gasteiger partial charge is 0.341 e. The maximum Gasteiger partial charge on any atom is 0.322 e. The molecule has 1 aliphatic heterocycles. The zero-order valence-corrected chi connectivity index (χ0v) is 14.7. The number of amides is 3. The number of hydrogen-bond acceptors (Lipinski definition) is 5. The van der Waals surface area contributed by atoms with E-state index in [2.05, 4.69) is 25.7 Å². The molecule has 3 heterocycles. The van der Waals surface area contributed by atoms with Crippen LogP contribution in [0.3, 0.4) is 0 Å². The van der Waals surface area contributed by atoms with Gasteiger partial charge in [-0.1, -0.05) is 0 Å².